The van der Waals surface area contributed by atoms with Gasteiger partial charge in [-0.15, -0.1) is 10.2 Å². The Labute approximate surface area is 224 Å². The number of rotatable bonds is 6. The van der Waals surface area contributed by atoms with Crippen molar-refractivity contribution in [2.24, 2.45) is 0 Å². The maximum atomic E-state index is 13.4. The summed E-state index contributed by atoms with van der Waals surface area (Å²) in [5, 5.41) is 10.1. The van der Waals surface area contributed by atoms with E-state index in [-0.39, 0.29) is 11.5 Å². The topological polar surface area (TPSA) is 75.7 Å². The first-order valence-electron chi connectivity index (χ1n) is 12.8. The Bertz CT molecular complexity index is 1650. The molecule has 9 heteroatoms. The van der Waals surface area contributed by atoms with Gasteiger partial charge >= 0.3 is 0 Å². The average molecular weight is 527 g/mol. The number of carbonyl (C=O) groups is 1. The molecule has 8 nitrogen and oxygen atoms in total. The van der Waals surface area contributed by atoms with Gasteiger partial charge in [0.05, 0.1) is 17.4 Å². The minimum atomic E-state index is -0.106. The SMILES string of the molecule is O=C(CCc1nnc2n(Cc3ccccc3)c(=O)c3ccccc3n12)N1CCN(c2ccc(Cl)cc2)CC1. The zero-order valence-electron chi connectivity index (χ0n) is 20.8. The first-order chi connectivity index (χ1) is 18.6. The molecular formula is C29H27ClN6O2. The first-order valence-corrected chi connectivity index (χ1v) is 13.1. The molecule has 0 aliphatic carbocycles. The van der Waals surface area contributed by atoms with Crippen molar-refractivity contribution >= 4 is 39.9 Å². The number of benzene rings is 3. The lowest BCUT2D eigenvalue weighted by Crippen LogP contribution is -2.48. The number of piperazine rings is 1. The predicted molar refractivity (Wildman–Crippen MR) is 149 cm³/mol. The third-order valence-electron chi connectivity index (χ3n) is 7.15. The Balaban J connectivity index is 1.21. The van der Waals surface area contributed by atoms with Crippen LogP contribution < -0.4 is 10.5 Å². The number of hydrogen-bond acceptors (Lipinski definition) is 5. The van der Waals surface area contributed by atoms with Crippen LogP contribution in [0.25, 0.3) is 16.7 Å². The number of aromatic nitrogens is 4. The molecule has 0 unspecified atom stereocenters. The summed E-state index contributed by atoms with van der Waals surface area (Å²) in [5.41, 5.74) is 2.76. The number of fused-ring (bicyclic) bond motifs is 3. The molecule has 0 saturated carbocycles. The molecule has 3 heterocycles. The normalized spacial score (nSPS) is 13.9. The lowest BCUT2D eigenvalue weighted by atomic mass is 10.2. The van der Waals surface area contributed by atoms with E-state index in [1.807, 2.05) is 88.2 Å². The van der Waals surface area contributed by atoms with Crippen LogP contribution in [0.1, 0.15) is 17.8 Å². The minimum Gasteiger partial charge on any atom is -0.368 e. The number of aryl methyl sites for hydroxylation is 1. The first kappa shape index (κ1) is 24.2. The lowest BCUT2D eigenvalue weighted by molar-refractivity contribution is -0.131. The molecule has 1 aliphatic heterocycles. The van der Waals surface area contributed by atoms with Gasteiger partial charge in [0.25, 0.3) is 5.56 Å². The van der Waals surface area contributed by atoms with E-state index in [0.717, 1.165) is 29.9 Å². The van der Waals surface area contributed by atoms with E-state index >= 15 is 0 Å². The van der Waals surface area contributed by atoms with Crippen LogP contribution >= 0.6 is 11.6 Å². The molecule has 1 aliphatic rings. The van der Waals surface area contributed by atoms with E-state index in [2.05, 4.69) is 15.1 Å². The van der Waals surface area contributed by atoms with E-state index in [1.54, 1.807) is 4.57 Å². The molecule has 1 saturated heterocycles. The molecular weight excluding hydrogens is 500 g/mol. The molecule has 192 valence electrons. The second kappa shape index (κ2) is 10.3. The number of para-hydroxylation sites is 1. The van der Waals surface area contributed by atoms with Gasteiger partial charge in [-0.3, -0.25) is 18.6 Å². The molecule has 3 aromatic carbocycles. The smallest absolute Gasteiger partial charge is 0.263 e. The summed E-state index contributed by atoms with van der Waals surface area (Å²) in [5.74, 6) is 1.25. The molecule has 1 amide bonds. The average Bonchev–Trinajstić information content (AvgIpc) is 3.39. The molecule has 0 radical (unpaired) electrons. The fourth-order valence-electron chi connectivity index (χ4n) is 5.13. The third-order valence-corrected chi connectivity index (χ3v) is 7.40. The number of anilines is 1. The van der Waals surface area contributed by atoms with E-state index in [0.29, 0.717) is 54.5 Å². The molecule has 2 aromatic heterocycles. The van der Waals surface area contributed by atoms with E-state index < -0.39 is 0 Å². The largest absolute Gasteiger partial charge is 0.368 e. The number of carbonyl (C=O) groups excluding carboxylic acids is 1. The summed E-state index contributed by atoms with van der Waals surface area (Å²) >= 11 is 6.01. The number of hydrogen-bond donors (Lipinski definition) is 0. The zero-order chi connectivity index (χ0) is 26.1. The minimum absolute atomic E-state index is 0.0967. The van der Waals surface area contributed by atoms with Crippen molar-refractivity contribution in [2.75, 3.05) is 31.1 Å². The van der Waals surface area contributed by atoms with Crippen LogP contribution in [0.15, 0.2) is 83.7 Å². The highest BCUT2D eigenvalue weighted by Crippen LogP contribution is 2.20. The van der Waals surface area contributed by atoms with Gasteiger partial charge in [-0.2, -0.15) is 0 Å². The predicted octanol–water partition coefficient (Wildman–Crippen LogP) is 4.03. The van der Waals surface area contributed by atoms with Crippen LogP contribution in [0, 0.1) is 0 Å². The van der Waals surface area contributed by atoms with Crippen LogP contribution in [0.4, 0.5) is 5.69 Å². The lowest BCUT2D eigenvalue weighted by Gasteiger charge is -2.36. The number of nitrogens with zero attached hydrogens (tertiary/aromatic N) is 6. The molecule has 0 spiro atoms. The Morgan fingerprint density at radius 3 is 2.32 bits per heavy atom. The maximum Gasteiger partial charge on any atom is 0.263 e. The molecule has 1 fully saturated rings. The van der Waals surface area contributed by atoms with E-state index in [4.69, 9.17) is 11.6 Å². The Hall–Kier alpha value is -4.17. The molecule has 0 N–H and O–H groups in total. The zero-order valence-corrected chi connectivity index (χ0v) is 21.6. The highest BCUT2D eigenvalue weighted by atomic mass is 35.5. The molecule has 0 atom stereocenters. The Morgan fingerprint density at radius 1 is 0.842 bits per heavy atom. The second-order valence-electron chi connectivity index (χ2n) is 9.49. The standard InChI is InChI=1S/C29H27ClN6O2/c30-22-10-12-23(13-11-22)33-16-18-34(19-17-33)27(37)15-14-26-31-32-29-35(20-21-6-2-1-3-7-21)28(38)24-8-4-5-9-25(24)36(26)29/h1-13H,14-20H2. The van der Waals surface area contributed by atoms with Crippen molar-refractivity contribution in [1.82, 2.24) is 24.1 Å². The van der Waals surface area contributed by atoms with Gasteiger partial charge in [-0.05, 0) is 42.0 Å². The van der Waals surface area contributed by atoms with Crippen molar-refractivity contribution in [2.45, 2.75) is 19.4 Å². The summed E-state index contributed by atoms with van der Waals surface area (Å²) in [6.07, 6.45) is 0.763. The van der Waals surface area contributed by atoms with Gasteiger partial charge in [0.15, 0.2) is 0 Å². The van der Waals surface area contributed by atoms with Crippen LogP contribution in [-0.4, -0.2) is 56.2 Å². The fourth-order valence-corrected chi connectivity index (χ4v) is 5.25. The van der Waals surface area contributed by atoms with Crippen molar-refractivity contribution < 1.29 is 4.79 Å². The summed E-state index contributed by atoms with van der Waals surface area (Å²) in [4.78, 5) is 30.7. The second-order valence-corrected chi connectivity index (χ2v) is 9.93. The van der Waals surface area contributed by atoms with Crippen LogP contribution in [0.2, 0.25) is 5.02 Å². The summed E-state index contributed by atoms with van der Waals surface area (Å²) in [6.45, 7) is 3.28. The maximum absolute atomic E-state index is 13.4. The molecule has 6 rings (SSSR count). The highest BCUT2D eigenvalue weighted by molar-refractivity contribution is 6.30. The highest BCUT2D eigenvalue weighted by Gasteiger charge is 2.23. The van der Waals surface area contributed by atoms with Gasteiger partial charge in [-0.25, -0.2) is 0 Å². The van der Waals surface area contributed by atoms with E-state index in [9.17, 15) is 9.59 Å². The van der Waals surface area contributed by atoms with E-state index in [1.165, 1.54) is 0 Å². The summed E-state index contributed by atoms with van der Waals surface area (Å²) in [7, 11) is 0. The van der Waals surface area contributed by atoms with Crippen LogP contribution in [-0.2, 0) is 17.8 Å². The molecule has 0 bridgehead atoms. The van der Waals surface area contributed by atoms with Gasteiger partial charge in [-0.1, -0.05) is 54.1 Å². The monoisotopic (exact) mass is 526 g/mol. The third kappa shape index (κ3) is 4.63. The summed E-state index contributed by atoms with van der Waals surface area (Å²) in [6, 6.07) is 25.1. The van der Waals surface area contributed by atoms with Crippen LogP contribution in [0.5, 0.6) is 0 Å². The molecule has 38 heavy (non-hydrogen) atoms. The number of amides is 1. The van der Waals surface area contributed by atoms with Gasteiger partial charge in [0, 0.05) is 49.7 Å². The van der Waals surface area contributed by atoms with Gasteiger partial charge in [0.1, 0.15) is 5.82 Å². The van der Waals surface area contributed by atoms with Crippen molar-refractivity contribution in [3.05, 3.63) is 106 Å². The quantitative estimate of drug-likeness (QED) is 0.334. The van der Waals surface area contributed by atoms with Crippen LogP contribution in [0.3, 0.4) is 0 Å². The fraction of sp³-hybridized carbons (Fsp3) is 0.241. The summed E-state index contributed by atoms with van der Waals surface area (Å²) < 4.78 is 3.58. The Morgan fingerprint density at radius 2 is 1.55 bits per heavy atom. The molecule has 5 aromatic rings. The van der Waals surface area contributed by atoms with Crippen molar-refractivity contribution in [1.29, 1.82) is 0 Å². The van der Waals surface area contributed by atoms with Crippen molar-refractivity contribution in [3.63, 3.8) is 0 Å². The van der Waals surface area contributed by atoms with Gasteiger partial charge in [0.2, 0.25) is 11.7 Å². The number of halogens is 1. The van der Waals surface area contributed by atoms with Gasteiger partial charge < -0.3 is 9.80 Å². The Kier molecular flexibility index (Phi) is 6.55. The van der Waals surface area contributed by atoms with Crippen molar-refractivity contribution in [3.8, 4) is 0 Å².